The Bertz CT molecular complexity index is 1180. The lowest BCUT2D eigenvalue weighted by Crippen LogP contribution is -2.20. The maximum atomic E-state index is 13.1. The number of anilines is 3. The van der Waals surface area contributed by atoms with E-state index < -0.39 is 10.0 Å². The van der Waals surface area contributed by atoms with E-state index in [4.69, 9.17) is 9.47 Å². The van der Waals surface area contributed by atoms with Gasteiger partial charge in [-0.3, -0.25) is 25.2 Å². The third-order valence-electron chi connectivity index (χ3n) is 6.21. The Morgan fingerprint density at radius 3 is 2.24 bits per heavy atom. The van der Waals surface area contributed by atoms with Gasteiger partial charge in [0.1, 0.15) is 0 Å². The molecule has 0 saturated heterocycles. The Kier molecular flexibility index (Phi) is 16.2. The average molecular weight is 609 g/mol. The summed E-state index contributed by atoms with van der Waals surface area (Å²) >= 11 is 1.45. The summed E-state index contributed by atoms with van der Waals surface area (Å²) in [5.41, 5.74) is 7.61. The fourth-order valence-electron chi connectivity index (χ4n) is 4.02. The monoisotopic (exact) mass is 608 g/mol. The molecular formula is C29H44N4O6S2. The maximum absolute atomic E-state index is 13.1. The fourth-order valence-corrected chi connectivity index (χ4v) is 5.97. The van der Waals surface area contributed by atoms with Gasteiger partial charge in [-0.2, -0.15) is 0 Å². The summed E-state index contributed by atoms with van der Waals surface area (Å²) in [5.74, 6) is 0.685. The summed E-state index contributed by atoms with van der Waals surface area (Å²) in [6.45, 7) is 8.12. The molecule has 0 aliphatic heterocycles. The zero-order valence-electron chi connectivity index (χ0n) is 24.3. The van der Waals surface area contributed by atoms with Gasteiger partial charge >= 0.3 is 0 Å². The summed E-state index contributed by atoms with van der Waals surface area (Å²) in [5, 5.41) is 2.87. The van der Waals surface area contributed by atoms with Crippen LogP contribution in [0.2, 0.25) is 0 Å². The lowest BCUT2D eigenvalue weighted by atomic mass is 10.1. The van der Waals surface area contributed by atoms with Crippen LogP contribution in [-0.2, 0) is 29.1 Å². The topological polar surface area (TPSA) is 135 Å². The van der Waals surface area contributed by atoms with Crippen molar-refractivity contribution in [3.05, 3.63) is 47.5 Å². The molecule has 2 rings (SSSR count). The second kappa shape index (κ2) is 19.3. The molecule has 0 aliphatic carbocycles. The van der Waals surface area contributed by atoms with Crippen molar-refractivity contribution < 1.29 is 27.5 Å². The first-order chi connectivity index (χ1) is 19.8. The largest absolute Gasteiger partial charge is 0.379 e. The molecule has 0 spiro atoms. The quantitative estimate of drug-likeness (QED) is 0.0810. The Morgan fingerprint density at radius 1 is 0.878 bits per heavy atom. The number of nitrogens with one attached hydrogen (secondary N) is 4. The number of hydrogen-bond acceptors (Lipinski definition) is 8. The number of carbonyl (C=O) groups excluding carboxylic acids is 2. The maximum Gasteiger partial charge on any atom is 0.262 e. The van der Waals surface area contributed by atoms with Crippen molar-refractivity contribution in [1.82, 2.24) is 5.43 Å². The van der Waals surface area contributed by atoms with Crippen LogP contribution in [-0.4, -0.2) is 58.7 Å². The third-order valence-corrected chi connectivity index (χ3v) is 8.66. The molecule has 0 saturated carbocycles. The van der Waals surface area contributed by atoms with Crippen LogP contribution < -0.4 is 20.9 Å². The van der Waals surface area contributed by atoms with Crippen LogP contribution in [0.15, 0.2) is 41.3 Å². The summed E-state index contributed by atoms with van der Waals surface area (Å²) in [6.07, 6.45) is 7.95. The molecule has 0 bridgehead atoms. The van der Waals surface area contributed by atoms with E-state index in [0.29, 0.717) is 54.6 Å². The molecule has 0 radical (unpaired) electrons. The predicted molar refractivity (Wildman–Crippen MR) is 167 cm³/mol. The molecular weight excluding hydrogens is 564 g/mol. The van der Waals surface area contributed by atoms with E-state index in [-0.39, 0.29) is 16.6 Å². The van der Waals surface area contributed by atoms with Gasteiger partial charge in [-0.25, -0.2) is 8.42 Å². The van der Waals surface area contributed by atoms with E-state index in [1.807, 2.05) is 6.92 Å². The number of benzene rings is 2. The summed E-state index contributed by atoms with van der Waals surface area (Å²) in [4.78, 5) is 23.1. The number of hydrogen-bond donors (Lipinski definition) is 4. The lowest BCUT2D eigenvalue weighted by molar-refractivity contribution is -0.114. The van der Waals surface area contributed by atoms with Crippen molar-refractivity contribution in [3.63, 3.8) is 0 Å². The van der Waals surface area contributed by atoms with Gasteiger partial charge in [0.05, 0.1) is 36.2 Å². The van der Waals surface area contributed by atoms with Gasteiger partial charge in [0, 0.05) is 23.7 Å². The van der Waals surface area contributed by atoms with Gasteiger partial charge in [-0.15, -0.1) is 11.8 Å². The van der Waals surface area contributed by atoms with Crippen LogP contribution in [0.4, 0.5) is 17.1 Å². The normalized spacial score (nSPS) is 11.2. The van der Waals surface area contributed by atoms with Crippen LogP contribution in [0.1, 0.15) is 56.6 Å². The fraction of sp³-hybridized carbons (Fsp3) is 0.517. The first-order valence-corrected chi connectivity index (χ1v) is 16.6. The number of unbranched alkanes of at least 4 members (excludes halogenated alkanes) is 5. The molecule has 2 aromatic carbocycles. The number of thioether (sulfide) groups is 1. The van der Waals surface area contributed by atoms with Gasteiger partial charge in [0.15, 0.2) is 0 Å². The van der Waals surface area contributed by atoms with Gasteiger partial charge in [-0.1, -0.05) is 45.1 Å². The van der Waals surface area contributed by atoms with Gasteiger partial charge < -0.3 is 14.8 Å². The van der Waals surface area contributed by atoms with Crippen molar-refractivity contribution in [2.45, 2.75) is 64.2 Å². The Balaban J connectivity index is 1.74. The highest BCUT2D eigenvalue weighted by Gasteiger charge is 2.21. The number of carbonyl (C=O) groups is 2. The van der Waals surface area contributed by atoms with Crippen molar-refractivity contribution >= 4 is 51.2 Å². The van der Waals surface area contributed by atoms with Crippen molar-refractivity contribution in [1.29, 1.82) is 0 Å². The molecule has 12 heteroatoms. The van der Waals surface area contributed by atoms with Crippen molar-refractivity contribution in [3.8, 4) is 0 Å². The first-order valence-electron chi connectivity index (χ1n) is 14.0. The third kappa shape index (κ3) is 13.2. The number of ether oxygens (including phenoxy) is 2. The van der Waals surface area contributed by atoms with E-state index >= 15 is 0 Å². The highest BCUT2D eigenvalue weighted by molar-refractivity contribution is 7.99. The molecule has 0 fully saturated rings. The van der Waals surface area contributed by atoms with Crippen molar-refractivity contribution in [2.24, 2.45) is 0 Å². The second-order valence-corrected chi connectivity index (χ2v) is 12.3. The number of rotatable bonds is 22. The molecule has 0 aromatic heterocycles. The van der Waals surface area contributed by atoms with Gasteiger partial charge in [0.2, 0.25) is 12.3 Å². The van der Waals surface area contributed by atoms with Crippen molar-refractivity contribution in [2.75, 3.05) is 53.4 Å². The van der Waals surface area contributed by atoms with Crippen LogP contribution >= 0.6 is 11.8 Å². The molecule has 10 nitrogen and oxygen atoms in total. The van der Waals surface area contributed by atoms with Gasteiger partial charge in [0.25, 0.3) is 10.0 Å². The number of hydrazine groups is 1. The molecule has 228 valence electrons. The average Bonchev–Trinajstić information content (AvgIpc) is 2.94. The highest BCUT2D eigenvalue weighted by Crippen LogP contribution is 2.29. The Morgan fingerprint density at radius 2 is 1.54 bits per heavy atom. The minimum atomic E-state index is -3.92. The molecule has 0 aliphatic rings. The summed E-state index contributed by atoms with van der Waals surface area (Å²) in [6, 6.07) is 9.58. The SMILES string of the molecule is CCCCCCCCOCCOCCSCC(=O)Nc1c(C)ccc(S(=O)(=O)Nc2ccc(NNC=O)cc2)c1C. The molecule has 41 heavy (non-hydrogen) atoms. The smallest absolute Gasteiger partial charge is 0.262 e. The van der Waals surface area contributed by atoms with Crippen LogP contribution in [0, 0.1) is 13.8 Å². The molecule has 0 unspecified atom stereocenters. The molecule has 0 heterocycles. The van der Waals surface area contributed by atoms with E-state index in [0.717, 1.165) is 18.6 Å². The zero-order valence-corrected chi connectivity index (χ0v) is 25.9. The number of amides is 2. The van der Waals surface area contributed by atoms with E-state index in [2.05, 4.69) is 27.8 Å². The summed E-state index contributed by atoms with van der Waals surface area (Å²) < 4.78 is 40.0. The Labute approximate surface area is 248 Å². The minimum absolute atomic E-state index is 0.0722. The van der Waals surface area contributed by atoms with E-state index in [1.54, 1.807) is 37.3 Å². The first kappa shape index (κ1) is 34.4. The zero-order chi connectivity index (χ0) is 29.9. The predicted octanol–water partition coefficient (Wildman–Crippen LogP) is 5.24. The summed E-state index contributed by atoms with van der Waals surface area (Å²) in [7, 11) is -3.92. The molecule has 0 atom stereocenters. The molecule has 2 aromatic rings. The van der Waals surface area contributed by atoms with Crippen LogP contribution in [0.5, 0.6) is 0 Å². The lowest BCUT2D eigenvalue weighted by Gasteiger charge is -2.17. The van der Waals surface area contributed by atoms with E-state index in [9.17, 15) is 18.0 Å². The van der Waals surface area contributed by atoms with Gasteiger partial charge in [-0.05, 0) is 61.7 Å². The second-order valence-electron chi connectivity index (χ2n) is 9.54. The number of sulfonamides is 1. The standard InChI is InChI=1S/C29H44N4O6S2/c1-4-5-6-7-8-9-16-38-17-18-39-19-20-40-21-28(35)31-29-23(2)10-15-27(24(29)3)41(36,37)33-26-13-11-25(12-14-26)32-30-22-34/h10-15,22,32-33H,4-9,16-21H2,1-3H3,(H,30,34)(H,31,35). The minimum Gasteiger partial charge on any atom is -0.379 e. The highest BCUT2D eigenvalue weighted by atomic mass is 32.2. The van der Waals surface area contributed by atoms with Crippen LogP contribution in [0.3, 0.4) is 0 Å². The molecule has 4 N–H and O–H groups in total. The number of aryl methyl sites for hydroxylation is 1. The van der Waals surface area contributed by atoms with E-state index in [1.165, 1.54) is 49.9 Å². The van der Waals surface area contributed by atoms with Crippen LogP contribution in [0.25, 0.3) is 0 Å². The Hall–Kier alpha value is -2.80. The molecule has 2 amide bonds.